The number of pyridine rings is 1. The van der Waals surface area contributed by atoms with E-state index in [-0.39, 0.29) is 0 Å². The van der Waals surface area contributed by atoms with Crippen molar-refractivity contribution in [2.75, 3.05) is 19.6 Å². The third kappa shape index (κ3) is 2.54. The van der Waals surface area contributed by atoms with E-state index >= 15 is 0 Å². The van der Waals surface area contributed by atoms with Gasteiger partial charge in [-0.15, -0.1) is 0 Å². The Bertz CT molecular complexity index is 570. The van der Waals surface area contributed by atoms with Crippen LogP contribution in [-0.2, 0) is 6.54 Å². The van der Waals surface area contributed by atoms with E-state index in [1.165, 1.54) is 32.4 Å². The van der Waals surface area contributed by atoms with Crippen LogP contribution in [-0.4, -0.2) is 40.4 Å². The highest BCUT2D eigenvalue weighted by Crippen LogP contribution is 2.18. The van der Waals surface area contributed by atoms with E-state index < -0.39 is 0 Å². The van der Waals surface area contributed by atoms with Crippen LogP contribution in [0.3, 0.4) is 0 Å². The number of likely N-dealkylation sites (tertiary alicyclic amines) is 1. The lowest BCUT2D eigenvalue weighted by Gasteiger charge is -2.26. The molecule has 0 bridgehead atoms. The van der Waals surface area contributed by atoms with Gasteiger partial charge in [-0.2, -0.15) is 0 Å². The predicted octanol–water partition coefficient (Wildman–Crippen LogP) is 2.33. The molecule has 0 saturated carbocycles. The summed E-state index contributed by atoms with van der Waals surface area (Å²) < 4.78 is 2.10. The van der Waals surface area contributed by atoms with Gasteiger partial charge in [-0.25, -0.2) is 4.98 Å². The van der Waals surface area contributed by atoms with Crippen molar-refractivity contribution in [2.45, 2.75) is 25.8 Å². The molecule has 1 aliphatic rings. The van der Waals surface area contributed by atoms with Crippen molar-refractivity contribution >= 4 is 17.3 Å². The van der Waals surface area contributed by atoms with Crippen molar-refractivity contribution in [1.82, 2.24) is 14.5 Å². The minimum Gasteiger partial charge on any atom is -0.330 e. The van der Waals surface area contributed by atoms with E-state index in [9.17, 15) is 4.79 Å². The zero-order valence-corrected chi connectivity index (χ0v) is 11.1. The van der Waals surface area contributed by atoms with Gasteiger partial charge in [0.25, 0.3) is 0 Å². The number of hydrogen-bond acceptors (Lipinski definition) is 3. The number of carbonyl (C=O) groups is 1. The number of piperidine rings is 1. The van der Waals surface area contributed by atoms with Crippen molar-refractivity contribution < 1.29 is 4.79 Å². The largest absolute Gasteiger partial charge is 0.330 e. The van der Waals surface area contributed by atoms with Gasteiger partial charge in [0.15, 0.2) is 6.29 Å². The third-order valence-electron chi connectivity index (χ3n) is 3.90. The fourth-order valence-corrected chi connectivity index (χ4v) is 2.85. The first kappa shape index (κ1) is 12.4. The highest BCUT2D eigenvalue weighted by Gasteiger charge is 2.12. The van der Waals surface area contributed by atoms with Crippen molar-refractivity contribution in [3.63, 3.8) is 0 Å². The number of aldehydes is 1. The van der Waals surface area contributed by atoms with Crippen molar-refractivity contribution in [3.8, 4) is 0 Å². The molecule has 0 unspecified atom stereocenters. The quantitative estimate of drug-likeness (QED) is 0.789. The molecule has 0 aromatic carbocycles. The summed E-state index contributed by atoms with van der Waals surface area (Å²) in [6, 6.07) is 3.84. The number of fused-ring (bicyclic) bond motifs is 1. The van der Waals surface area contributed by atoms with Gasteiger partial charge in [0, 0.05) is 36.4 Å². The summed E-state index contributed by atoms with van der Waals surface area (Å²) in [6.07, 6.45) is 8.61. The monoisotopic (exact) mass is 257 g/mol. The van der Waals surface area contributed by atoms with Crippen LogP contribution >= 0.6 is 0 Å². The Kier molecular flexibility index (Phi) is 3.60. The molecule has 4 heteroatoms. The van der Waals surface area contributed by atoms with Crippen molar-refractivity contribution in [3.05, 3.63) is 30.1 Å². The number of hydrogen-bond donors (Lipinski definition) is 0. The molecule has 3 heterocycles. The molecule has 19 heavy (non-hydrogen) atoms. The molecule has 0 radical (unpaired) electrons. The van der Waals surface area contributed by atoms with Gasteiger partial charge in [-0.05, 0) is 38.1 Å². The molecule has 100 valence electrons. The topological polar surface area (TPSA) is 38.1 Å². The Morgan fingerprint density at radius 2 is 2.05 bits per heavy atom. The molecular formula is C15H19N3O. The van der Waals surface area contributed by atoms with Crippen LogP contribution in [0.1, 0.15) is 29.6 Å². The summed E-state index contributed by atoms with van der Waals surface area (Å²) in [5.74, 6) is 0. The van der Waals surface area contributed by atoms with Gasteiger partial charge in [-0.3, -0.25) is 4.79 Å². The molecule has 0 atom stereocenters. The van der Waals surface area contributed by atoms with E-state index in [0.717, 1.165) is 36.0 Å². The molecule has 1 fully saturated rings. The predicted molar refractivity (Wildman–Crippen MR) is 75.4 cm³/mol. The van der Waals surface area contributed by atoms with Crippen LogP contribution in [0.2, 0.25) is 0 Å². The molecule has 0 amide bonds. The van der Waals surface area contributed by atoms with Crippen LogP contribution in [0.25, 0.3) is 11.0 Å². The molecular weight excluding hydrogens is 238 g/mol. The maximum Gasteiger partial charge on any atom is 0.152 e. The molecule has 2 aromatic heterocycles. The Hall–Kier alpha value is -1.68. The molecule has 2 aromatic rings. The smallest absolute Gasteiger partial charge is 0.152 e. The molecule has 4 nitrogen and oxygen atoms in total. The minimum atomic E-state index is 0.738. The van der Waals surface area contributed by atoms with Gasteiger partial charge in [0.2, 0.25) is 0 Å². The summed E-state index contributed by atoms with van der Waals surface area (Å²) in [4.78, 5) is 18.0. The highest BCUT2D eigenvalue weighted by molar-refractivity contribution is 5.95. The first-order valence-electron chi connectivity index (χ1n) is 7.00. The van der Waals surface area contributed by atoms with E-state index in [0.29, 0.717) is 0 Å². The zero-order valence-electron chi connectivity index (χ0n) is 11.1. The summed E-state index contributed by atoms with van der Waals surface area (Å²) >= 11 is 0. The van der Waals surface area contributed by atoms with Gasteiger partial charge >= 0.3 is 0 Å². The standard InChI is InChI=1S/C15H19N3O/c19-12-13-11-18(15-14(13)5-4-6-16-15)10-9-17-7-2-1-3-8-17/h4-6,11-12H,1-3,7-10H2. The number of carbonyl (C=O) groups excluding carboxylic acids is 1. The second-order valence-electron chi connectivity index (χ2n) is 5.17. The van der Waals surface area contributed by atoms with Crippen LogP contribution < -0.4 is 0 Å². The maximum atomic E-state index is 11.1. The molecule has 0 spiro atoms. The Morgan fingerprint density at radius 1 is 1.21 bits per heavy atom. The molecule has 0 aliphatic carbocycles. The lowest BCUT2D eigenvalue weighted by Crippen LogP contribution is -2.32. The fourth-order valence-electron chi connectivity index (χ4n) is 2.85. The normalized spacial score (nSPS) is 16.8. The van der Waals surface area contributed by atoms with Crippen molar-refractivity contribution in [1.29, 1.82) is 0 Å². The van der Waals surface area contributed by atoms with E-state index in [1.54, 1.807) is 6.20 Å². The molecule has 1 saturated heterocycles. The maximum absolute atomic E-state index is 11.1. The second-order valence-corrected chi connectivity index (χ2v) is 5.17. The van der Waals surface area contributed by atoms with Crippen LogP contribution in [0, 0.1) is 0 Å². The number of nitrogens with zero attached hydrogens (tertiary/aromatic N) is 3. The molecule has 1 aliphatic heterocycles. The van der Waals surface area contributed by atoms with Crippen LogP contribution in [0.4, 0.5) is 0 Å². The SMILES string of the molecule is O=Cc1cn(CCN2CCCCC2)c2ncccc12. The highest BCUT2D eigenvalue weighted by atomic mass is 16.1. The summed E-state index contributed by atoms with van der Waals surface area (Å²) in [5, 5.41) is 0.955. The van der Waals surface area contributed by atoms with Crippen LogP contribution in [0.5, 0.6) is 0 Å². The fraction of sp³-hybridized carbons (Fsp3) is 0.467. The summed E-state index contributed by atoms with van der Waals surface area (Å²) in [5.41, 5.74) is 1.66. The second kappa shape index (κ2) is 5.53. The van der Waals surface area contributed by atoms with Crippen molar-refractivity contribution in [2.24, 2.45) is 0 Å². The third-order valence-corrected chi connectivity index (χ3v) is 3.90. The number of rotatable bonds is 4. The Labute approximate surface area is 113 Å². The lowest BCUT2D eigenvalue weighted by molar-refractivity contribution is 0.112. The van der Waals surface area contributed by atoms with E-state index in [4.69, 9.17) is 0 Å². The average molecular weight is 257 g/mol. The van der Waals surface area contributed by atoms with Gasteiger partial charge in [-0.1, -0.05) is 6.42 Å². The lowest BCUT2D eigenvalue weighted by atomic mass is 10.1. The summed E-state index contributed by atoms with van der Waals surface area (Å²) in [7, 11) is 0. The summed E-state index contributed by atoms with van der Waals surface area (Å²) in [6.45, 7) is 4.35. The van der Waals surface area contributed by atoms with E-state index in [1.807, 2.05) is 18.3 Å². The number of aromatic nitrogens is 2. The van der Waals surface area contributed by atoms with Gasteiger partial charge < -0.3 is 9.47 Å². The Balaban J connectivity index is 1.78. The Morgan fingerprint density at radius 3 is 2.84 bits per heavy atom. The zero-order chi connectivity index (χ0) is 13.1. The minimum absolute atomic E-state index is 0.738. The molecule has 3 rings (SSSR count). The van der Waals surface area contributed by atoms with Crippen LogP contribution in [0.15, 0.2) is 24.5 Å². The van der Waals surface area contributed by atoms with E-state index in [2.05, 4.69) is 14.5 Å². The van der Waals surface area contributed by atoms with Gasteiger partial charge in [0.1, 0.15) is 5.65 Å². The molecule has 0 N–H and O–H groups in total. The first-order valence-corrected chi connectivity index (χ1v) is 7.00. The van der Waals surface area contributed by atoms with Gasteiger partial charge in [0.05, 0.1) is 0 Å². The first-order chi connectivity index (χ1) is 9.38. The average Bonchev–Trinajstić information content (AvgIpc) is 2.84.